The molecule has 6 heteroatoms. The number of aryl methyl sites for hydroxylation is 3. The number of hydrogen-bond acceptors (Lipinski definition) is 6. The van der Waals surface area contributed by atoms with E-state index in [0.717, 1.165) is 28.5 Å². The first-order valence-electron chi connectivity index (χ1n) is 7.76. The fraction of sp³-hybridized carbons (Fsp3) is 0.353. The summed E-state index contributed by atoms with van der Waals surface area (Å²) in [6, 6.07) is 3.89. The van der Waals surface area contributed by atoms with Crippen molar-refractivity contribution in [3.05, 3.63) is 40.2 Å². The van der Waals surface area contributed by atoms with Crippen molar-refractivity contribution in [2.75, 3.05) is 12.4 Å². The molecule has 3 heterocycles. The maximum Gasteiger partial charge on any atom is 0.212 e. The Morgan fingerprint density at radius 2 is 2.17 bits per heavy atom. The second kappa shape index (κ2) is 5.77. The highest BCUT2D eigenvalue weighted by molar-refractivity contribution is 7.19. The minimum Gasteiger partial charge on any atom is -0.481 e. The highest BCUT2D eigenvalue weighted by Crippen LogP contribution is 2.39. The number of thiophene rings is 1. The van der Waals surface area contributed by atoms with E-state index in [4.69, 9.17) is 4.74 Å². The Bertz CT molecular complexity index is 857. The summed E-state index contributed by atoms with van der Waals surface area (Å²) in [4.78, 5) is 16.1. The third-order valence-corrected chi connectivity index (χ3v) is 5.33. The minimum absolute atomic E-state index is 0.629. The van der Waals surface area contributed by atoms with Crippen molar-refractivity contribution < 1.29 is 4.74 Å². The largest absolute Gasteiger partial charge is 0.481 e. The van der Waals surface area contributed by atoms with Crippen LogP contribution in [0.2, 0.25) is 0 Å². The summed E-state index contributed by atoms with van der Waals surface area (Å²) in [5.74, 6) is 2.39. The molecule has 0 bridgehead atoms. The Labute approximate surface area is 138 Å². The van der Waals surface area contributed by atoms with Crippen LogP contribution < -0.4 is 10.1 Å². The zero-order chi connectivity index (χ0) is 15.8. The standard InChI is InChI=1S/C17H18N4OS/c1-10-20-16(19-9-11-6-7-14(22-2)18-8-11)15-12-4-3-5-13(12)23-17(15)21-10/h6-8H,3-5,9H2,1-2H3,(H,19,20,21). The molecule has 0 amide bonds. The van der Waals surface area contributed by atoms with Crippen LogP contribution >= 0.6 is 11.3 Å². The van der Waals surface area contributed by atoms with Crippen LogP contribution in [0.5, 0.6) is 5.88 Å². The number of nitrogens with one attached hydrogen (secondary N) is 1. The number of methoxy groups -OCH3 is 1. The zero-order valence-corrected chi connectivity index (χ0v) is 14.0. The Morgan fingerprint density at radius 3 is 2.96 bits per heavy atom. The molecule has 3 aromatic rings. The van der Waals surface area contributed by atoms with E-state index in [0.29, 0.717) is 12.4 Å². The van der Waals surface area contributed by atoms with Gasteiger partial charge in [0, 0.05) is 23.7 Å². The average molecular weight is 326 g/mol. The quantitative estimate of drug-likeness (QED) is 0.795. The molecule has 0 radical (unpaired) electrons. The fourth-order valence-corrected chi connectivity index (χ4v) is 4.36. The van der Waals surface area contributed by atoms with E-state index in [-0.39, 0.29) is 0 Å². The third-order valence-electron chi connectivity index (χ3n) is 4.14. The molecule has 1 N–H and O–H groups in total. The summed E-state index contributed by atoms with van der Waals surface area (Å²) >= 11 is 1.82. The predicted octanol–water partition coefficient (Wildman–Crippen LogP) is 3.50. The summed E-state index contributed by atoms with van der Waals surface area (Å²) in [5.41, 5.74) is 2.54. The maximum atomic E-state index is 5.09. The van der Waals surface area contributed by atoms with Crippen LogP contribution in [0.3, 0.4) is 0 Å². The number of anilines is 1. The molecular weight excluding hydrogens is 308 g/mol. The smallest absolute Gasteiger partial charge is 0.212 e. The summed E-state index contributed by atoms with van der Waals surface area (Å²) < 4.78 is 5.09. The van der Waals surface area contributed by atoms with Gasteiger partial charge in [-0.15, -0.1) is 11.3 Å². The number of ether oxygens (including phenoxy) is 1. The Morgan fingerprint density at radius 1 is 1.26 bits per heavy atom. The molecule has 0 spiro atoms. The van der Waals surface area contributed by atoms with Crippen LogP contribution in [0.1, 0.15) is 28.2 Å². The summed E-state index contributed by atoms with van der Waals surface area (Å²) in [7, 11) is 1.62. The summed E-state index contributed by atoms with van der Waals surface area (Å²) in [6.07, 6.45) is 5.39. The summed E-state index contributed by atoms with van der Waals surface area (Å²) in [6.45, 7) is 2.64. The van der Waals surface area contributed by atoms with Gasteiger partial charge < -0.3 is 10.1 Å². The lowest BCUT2D eigenvalue weighted by Crippen LogP contribution is -2.04. The van der Waals surface area contributed by atoms with Gasteiger partial charge in [-0.05, 0) is 37.3 Å². The monoisotopic (exact) mass is 326 g/mol. The predicted molar refractivity (Wildman–Crippen MR) is 92.3 cm³/mol. The van der Waals surface area contributed by atoms with Gasteiger partial charge in [0.25, 0.3) is 0 Å². The van der Waals surface area contributed by atoms with Gasteiger partial charge >= 0.3 is 0 Å². The highest BCUT2D eigenvalue weighted by Gasteiger charge is 2.21. The lowest BCUT2D eigenvalue weighted by molar-refractivity contribution is 0.397. The Hall–Kier alpha value is -2.21. The number of hydrogen-bond donors (Lipinski definition) is 1. The van der Waals surface area contributed by atoms with Crippen LogP contribution in [0.4, 0.5) is 5.82 Å². The molecule has 0 saturated heterocycles. The van der Waals surface area contributed by atoms with Crippen molar-refractivity contribution >= 4 is 27.4 Å². The first kappa shape index (κ1) is 14.4. The lowest BCUT2D eigenvalue weighted by atomic mass is 10.2. The first-order chi connectivity index (χ1) is 11.2. The first-order valence-corrected chi connectivity index (χ1v) is 8.58. The van der Waals surface area contributed by atoms with Gasteiger partial charge in [-0.25, -0.2) is 15.0 Å². The average Bonchev–Trinajstić information content (AvgIpc) is 3.13. The third kappa shape index (κ3) is 2.63. The van der Waals surface area contributed by atoms with Gasteiger partial charge in [0.15, 0.2) is 0 Å². The van der Waals surface area contributed by atoms with Crippen LogP contribution in [-0.2, 0) is 19.4 Å². The number of nitrogens with zero attached hydrogens (tertiary/aromatic N) is 3. The van der Waals surface area contributed by atoms with E-state index >= 15 is 0 Å². The molecule has 1 aliphatic carbocycles. The second-order valence-electron chi connectivity index (χ2n) is 5.72. The molecule has 1 aliphatic rings. The molecule has 0 saturated carbocycles. The van der Waals surface area contributed by atoms with Gasteiger partial charge in [-0.3, -0.25) is 0 Å². The highest BCUT2D eigenvalue weighted by atomic mass is 32.1. The SMILES string of the molecule is COc1ccc(CNc2nc(C)nc3sc4c(c23)CCC4)cn1. The molecule has 23 heavy (non-hydrogen) atoms. The Balaban J connectivity index is 1.65. The van der Waals surface area contributed by atoms with Crippen molar-refractivity contribution in [2.45, 2.75) is 32.7 Å². The van der Waals surface area contributed by atoms with Gasteiger partial charge in [0.2, 0.25) is 5.88 Å². The number of pyridine rings is 1. The maximum absolute atomic E-state index is 5.09. The summed E-state index contributed by atoms with van der Waals surface area (Å²) in [5, 5.41) is 4.69. The molecular formula is C17H18N4OS. The second-order valence-corrected chi connectivity index (χ2v) is 6.80. The van der Waals surface area contributed by atoms with Crippen LogP contribution in [0, 0.1) is 6.92 Å². The molecule has 4 rings (SSSR count). The molecule has 3 aromatic heterocycles. The molecule has 0 aliphatic heterocycles. The van der Waals surface area contributed by atoms with Crippen molar-refractivity contribution in [2.24, 2.45) is 0 Å². The van der Waals surface area contributed by atoms with E-state index < -0.39 is 0 Å². The number of rotatable bonds is 4. The van der Waals surface area contributed by atoms with Crippen molar-refractivity contribution in [3.8, 4) is 5.88 Å². The van der Waals surface area contributed by atoms with Gasteiger partial charge in [0.05, 0.1) is 12.5 Å². The fourth-order valence-electron chi connectivity index (χ4n) is 3.05. The number of aromatic nitrogens is 3. The molecule has 0 atom stereocenters. The zero-order valence-electron chi connectivity index (χ0n) is 13.2. The molecule has 5 nitrogen and oxygen atoms in total. The van der Waals surface area contributed by atoms with E-state index in [1.54, 1.807) is 7.11 Å². The van der Waals surface area contributed by atoms with Gasteiger partial charge in [0.1, 0.15) is 16.5 Å². The minimum atomic E-state index is 0.629. The van der Waals surface area contributed by atoms with Crippen LogP contribution in [0.15, 0.2) is 18.3 Å². The van der Waals surface area contributed by atoms with E-state index in [1.807, 2.05) is 36.6 Å². The molecule has 0 aromatic carbocycles. The Kier molecular flexibility index (Phi) is 3.61. The molecule has 0 fully saturated rings. The van der Waals surface area contributed by atoms with E-state index in [9.17, 15) is 0 Å². The topological polar surface area (TPSA) is 59.9 Å². The van der Waals surface area contributed by atoms with Gasteiger partial charge in [-0.2, -0.15) is 0 Å². The van der Waals surface area contributed by atoms with Gasteiger partial charge in [-0.1, -0.05) is 6.07 Å². The van der Waals surface area contributed by atoms with Crippen LogP contribution in [0.25, 0.3) is 10.2 Å². The van der Waals surface area contributed by atoms with E-state index in [1.165, 1.54) is 28.7 Å². The number of fused-ring (bicyclic) bond motifs is 3. The normalized spacial score (nSPS) is 13.3. The molecule has 0 unspecified atom stereocenters. The van der Waals surface area contributed by atoms with Crippen molar-refractivity contribution in [1.29, 1.82) is 0 Å². The van der Waals surface area contributed by atoms with Crippen molar-refractivity contribution in [3.63, 3.8) is 0 Å². The molecule has 118 valence electrons. The van der Waals surface area contributed by atoms with Crippen LogP contribution in [-0.4, -0.2) is 22.1 Å². The van der Waals surface area contributed by atoms with E-state index in [2.05, 4.69) is 20.3 Å². The lowest BCUT2D eigenvalue weighted by Gasteiger charge is -2.09. The van der Waals surface area contributed by atoms with Crippen molar-refractivity contribution in [1.82, 2.24) is 15.0 Å².